The molecule has 2 aromatic heterocycles. The minimum Gasteiger partial charge on any atom is -0.457 e. The van der Waals surface area contributed by atoms with Gasteiger partial charge in [-0.3, -0.25) is 9.97 Å². The predicted molar refractivity (Wildman–Crippen MR) is 104 cm³/mol. The Kier molecular flexibility index (Phi) is 4.44. The number of hydrogen-bond acceptors (Lipinski definition) is 3. The fraction of sp³-hybridized carbons (Fsp3) is 0.0435. The van der Waals surface area contributed by atoms with Gasteiger partial charge in [0.05, 0.1) is 11.4 Å². The maximum atomic E-state index is 6.09. The van der Waals surface area contributed by atoms with Gasteiger partial charge >= 0.3 is 0 Å². The van der Waals surface area contributed by atoms with Gasteiger partial charge in [-0.05, 0) is 55.0 Å². The van der Waals surface area contributed by atoms with Gasteiger partial charge in [0.25, 0.3) is 0 Å². The molecule has 26 heavy (non-hydrogen) atoms. The monoisotopic (exact) mass is 338 g/mol. The van der Waals surface area contributed by atoms with Crippen molar-refractivity contribution in [1.82, 2.24) is 9.97 Å². The van der Waals surface area contributed by atoms with Gasteiger partial charge in [-0.1, -0.05) is 36.4 Å². The fourth-order valence-corrected chi connectivity index (χ4v) is 2.88. The van der Waals surface area contributed by atoms with Crippen LogP contribution >= 0.6 is 0 Å². The first kappa shape index (κ1) is 16.0. The van der Waals surface area contributed by atoms with E-state index < -0.39 is 0 Å². The molecule has 0 atom stereocenters. The third kappa shape index (κ3) is 3.47. The van der Waals surface area contributed by atoms with E-state index in [-0.39, 0.29) is 0 Å². The second kappa shape index (κ2) is 7.19. The molecule has 2 heterocycles. The van der Waals surface area contributed by atoms with Gasteiger partial charge in [-0.15, -0.1) is 0 Å². The van der Waals surface area contributed by atoms with Crippen LogP contribution in [-0.2, 0) is 0 Å². The molecule has 0 radical (unpaired) electrons. The highest BCUT2D eigenvalue weighted by atomic mass is 16.5. The Labute approximate surface area is 153 Å². The maximum absolute atomic E-state index is 6.09. The van der Waals surface area contributed by atoms with E-state index in [0.717, 1.165) is 39.6 Å². The van der Waals surface area contributed by atoms with Crippen LogP contribution in [0.5, 0.6) is 11.5 Å². The van der Waals surface area contributed by atoms with E-state index in [2.05, 4.69) is 23.0 Å². The number of hydrogen-bond donors (Lipinski definition) is 0. The SMILES string of the molecule is Cc1cccnc1-c1cccc(Oc2cccc(-c3ccccn3)c2)c1. The van der Waals surface area contributed by atoms with Crippen molar-refractivity contribution in [2.75, 3.05) is 0 Å². The van der Waals surface area contributed by atoms with Crippen LogP contribution in [0.25, 0.3) is 22.5 Å². The molecular formula is C23H18N2O. The third-order valence-electron chi connectivity index (χ3n) is 4.15. The van der Waals surface area contributed by atoms with Gasteiger partial charge in [0.1, 0.15) is 11.5 Å². The van der Waals surface area contributed by atoms with Crippen LogP contribution in [0.4, 0.5) is 0 Å². The second-order valence-corrected chi connectivity index (χ2v) is 6.04. The van der Waals surface area contributed by atoms with Gasteiger partial charge in [0, 0.05) is 23.5 Å². The molecule has 0 aliphatic carbocycles. The molecule has 126 valence electrons. The summed E-state index contributed by atoms with van der Waals surface area (Å²) < 4.78 is 6.09. The van der Waals surface area contributed by atoms with Crippen molar-refractivity contribution in [1.29, 1.82) is 0 Å². The van der Waals surface area contributed by atoms with Crippen LogP contribution in [0.15, 0.2) is 91.3 Å². The summed E-state index contributed by atoms with van der Waals surface area (Å²) in [4.78, 5) is 8.88. The van der Waals surface area contributed by atoms with E-state index in [1.807, 2.05) is 79.0 Å². The summed E-state index contributed by atoms with van der Waals surface area (Å²) in [7, 11) is 0. The minimum atomic E-state index is 0.781. The Balaban J connectivity index is 1.63. The Morgan fingerprint density at radius 3 is 2.12 bits per heavy atom. The zero-order valence-electron chi connectivity index (χ0n) is 14.5. The lowest BCUT2D eigenvalue weighted by molar-refractivity contribution is 0.483. The number of benzene rings is 2. The number of nitrogens with zero attached hydrogens (tertiary/aromatic N) is 2. The number of rotatable bonds is 4. The molecule has 0 amide bonds. The molecule has 0 spiro atoms. The summed E-state index contributed by atoms with van der Waals surface area (Å²) in [5.74, 6) is 1.56. The molecule has 0 unspecified atom stereocenters. The van der Waals surface area contributed by atoms with E-state index in [1.54, 1.807) is 6.20 Å². The summed E-state index contributed by atoms with van der Waals surface area (Å²) in [5.41, 5.74) is 5.11. The average Bonchev–Trinajstić information content (AvgIpc) is 2.69. The highest BCUT2D eigenvalue weighted by molar-refractivity contribution is 5.65. The molecule has 0 fully saturated rings. The van der Waals surface area contributed by atoms with E-state index in [4.69, 9.17) is 4.74 Å². The Morgan fingerprint density at radius 2 is 1.38 bits per heavy atom. The van der Waals surface area contributed by atoms with Crippen molar-refractivity contribution in [3.8, 4) is 34.0 Å². The summed E-state index contributed by atoms with van der Waals surface area (Å²) in [5, 5.41) is 0. The lowest BCUT2D eigenvalue weighted by Crippen LogP contribution is -1.90. The van der Waals surface area contributed by atoms with Gasteiger partial charge in [0.2, 0.25) is 0 Å². The maximum Gasteiger partial charge on any atom is 0.128 e. The van der Waals surface area contributed by atoms with Crippen LogP contribution in [0.3, 0.4) is 0 Å². The third-order valence-corrected chi connectivity index (χ3v) is 4.15. The molecule has 4 aromatic rings. The summed E-state index contributed by atoms with van der Waals surface area (Å²) in [6.07, 6.45) is 3.60. The van der Waals surface area contributed by atoms with Crippen LogP contribution < -0.4 is 4.74 Å². The first-order valence-electron chi connectivity index (χ1n) is 8.51. The molecule has 3 heteroatoms. The zero-order chi connectivity index (χ0) is 17.8. The summed E-state index contributed by atoms with van der Waals surface area (Å²) >= 11 is 0. The topological polar surface area (TPSA) is 35.0 Å². The van der Waals surface area contributed by atoms with Crippen LogP contribution in [0, 0.1) is 6.92 Å². The van der Waals surface area contributed by atoms with E-state index in [1.165, 1.54) is 0 Å². The molecule has 4 rings (SSSR count). The molecule has 0 bridgehead atoms. The van der Waals surface area contributed by atoms with Gasteiger partial charge in [0.15, 0.2) is 0 Å². The van der Waals surface area contributed by atoms with Gasteiger partial charge < -0.3 is 4.74 Å². The number of aryl methyl sites for hydroxylation is 1. The Bertz CT molecular complexity index is 1030. The van der Waals surface area contributed by atoms with Crippen molar-refractivity contribution in [2.45, 2.75) is 6.92 Å². The quantitative estimate of drug-likeness (QED) is 0.464. The smallest absolute Gasteiger partial charge is 0.128 e. The van der Waals surface area contributed by atoms with Crippen molar-refractivity contribution in [3.05, 3.63) is 96.8 Å². The van der Waals surface area contributed by atoms with Gasteiger partial charge in [-0.2, -0.15) is 0 Å². The number of pyridine rings is 2. The number of ether oxygens (including phenoxy) is 1. The van der Waals surface area contributed by atoms with E-state index in [0.29, 0.717) is 0 Å². The molecule has 0 aliphatic rings. The minimum absolute atomic E-state index is 0.781. The molecule has 0 saturated heterocycles. The lowest BCUT2D eigenvalue weighted by Gasteiger charge is -2.10. The van der Waals surface area contributed by atoms with Crippen LogP contribution in [-0.4, -0.2) is 9.97 Å². The van der Waals surface area contributed by atoms with Gasteiger partial charge in [-0.25, -0.2) is 0 Å². The summed E-state index contributed by atoms with van der Waals surface area (Å²) in [6, 6.07) is 25.9. The lowest BCUT2D eigenvalue weighted by atomic mass is 10.1. The molecule has 0 N–H and O–H groups in total. The van der Waals surface area contributed by atoms with Crippen molar-refractivity contribution in [2.24, 2.45) is 0 Å². The first-order chi connectivity index (χ1) is 12.8. The highest BCUT2D eigenvalue weighted by Gasteiger charge is 2.06. The predicted octanol–water partition coefficient (Wildman–Crippen LogP) is 5.91. The van der Waals surface area contributed by atoms with E-state index >= 15 is 0 Å². The molecule has 0 aliphatic heterocycles. The average molecular weight is 338 g/mol. The van der Waals surface area contributed by atoms with E-state index in [9.17, 15) is 0 Å². The first-order valence-corrected chi connectivity index (χ1v) is 8.51. The molecular weight excluding hydrogens is 320 g/mol. The second-order valence-electron chi connectivity index (χ2n) is 6.04. The van der Waals surface area contributed by atoms with Crippen LogP contribution in [0.1, 0.15) is 5.56 Å². The largest absolute Gasteiger partial charge is 0.457 e. The normalized spacial score (nSPS) is 10.5. The molecule has 0 saturated carbocycles. The summed E-state index contributed by atoms with van der Waals surface area (Å²) in [6.45, 7) is 2.06. The number of aromatic nitrogens is 2. The van der Waals surface area contributed by atoms with Crippen molar-refractivity contribution < 1.29 is 4.74 Å². The van der Waals surface area contributed by atoms with Crippen LogP contribution in [0.2, 0.25) is 0 Å². The highest BCUT2D eigenvalue weighted by Crippen LogP contribution is 2.29. The fourth-order valence-electron chi connectivity index (χ4n) is 2.88. The zero-order valence-corrected chi connectivity index (χ0v) is 14.5. The molecule has 3 nitrogen and oxygen atoms in total. The Hall–Kier alpha value is -3.46. The van der Waals surface area contributed by atoms with Crippen molar-refractivity contribution in [3.63, 3.8) is 0 Å². The Morgan fingerprint density at radius 1 is 0.654 bits per heavy atom. The molecule has 2 aromatic carbocycles. The standard InChI is InChI=1S/C23H18N2O/c1-17-7-6-14-25-23(17)19-9-5-11-21(16-19)26-20-10-4-8-18(15-20)22-12-2-3-13-24-22/h2-16H,1H3. The van der Waals surface area contributed by atoms with Crippen molar-refractivity contribution >= 4 is 0 Å².